The van der Waals surface area contributed by atoms with Gasteiger partial charge in [0.25, 0.3) is 5.91 Å². The molecule has 1 N–H and O–H groups in total. The quantitative estimate of drug-likeness (QED) is 0.615. The lowest BCUT2D eigenvalue weighted by Gasteiger charge is -2.37. The number of hydrogen-bond acceptors (Lipinski definition) is 3. The van der Waals surface area contributed by atoms with Gasteiger partial charge in [0.2, 0.25) is 5.91 Å². The summed E-state index contributed by atoms with van der Waals surface area (Å²) < 4.78 is 0.891. The third-order valence-corrected chi connectivity index (χ3v) is 5.93. The molecule has 1 aliphatic heterocycles. The molecule has 0 radical (unpaired) electrons. The Hall–Kier alpha value is -1.80. The number of carbonyl (C=O) groups excluding carboxylic acids is 2. The molecule has 1 saturated heterocycles. The lowest BCUT2D eigenvalue weighted by Crippen LogP contribution is -2.50. The fourth-order valence-corrected chi connectivity index (χ4v) is 4.06. The van der Waals surface area contributed by atoms with Gasteiger partial charge < -0.3 is 15.1 Å². The second-order valence-electron chi connectivity index (χ2n) is 7.06. The van der Waals surface area contributed by atoms with Crippen LogP contribution in [0.3, 0.4) is 0 Å². The molecule has 2 amide bonds. The molecule has 2 aromatic carbocycles. The third-order valence-electron chi connectivity index (χ3n) is 4.75. The summed E-state index contributed by atoms with van der Waals surface area (Å²) >= 11 is 8.35. The van der Waals surface area contributed by atoms with E-state index in [9.17, 15) is 9.59 Å². The van der Waals surface area contributed by atoms with Gasteiger partial charge >= 0.3 is 0 Å². The van der Waals surface area contributed by atoms with Crippen LogP contribution >= 0.6 is 34.2 Å². The highest BCUT2D eigenvalue weighted by Crippen LogP contribution is 2.31. The number of anilines is 2. The number of nitrogens with zero attached hydrogens (tertiary/aromatic N) is 2. The Morgan fingerprint density at radius 2 is 1.75 bits per heavy atom. The third kappa shape index (κ3) is 4.78. The molecule has 1 heterocycles. The van der Waals surface area contributed by atoms with Crippen LogP contribution in [0.1, 0.15) is 24.2 Å². The number of piperazine rings is 1. The molecule has 0 atom stereocenters. The molecule has 5 nitrogen and oxygen atoms in total. The smallest absolute Gasteiger partial charge is 0.256 e. The molecule has 28 heavy (non-hydrogen) atoms. The van der Waals surface area contributed by atoms with Gasteiger partial charge in [0.05, 0.1) is 16.9 Å². The Morgan fingerprint density at radius 3 is 2.39 bits per heavy atom. The van der Waals surface area contributed by atoms with E-state index in [1.807, 2.05) is 49.1 Å². The maximum atomic E-state index is 12.8. The predicted molar refractivity (Wildman–Crippen MR) is 122 cm³/mol. The minimum atomic E-state index is -0.165. The largest absolute Gasteiger partial charge is 0.366 e. The summed E-state index contributed by atoms with van der Waals surface area (Å²) in [5.41, 5.74) is 2.22. The maximum Gasteiger partial charge on any atom is 0.256 e. The topological polar surface area (TPSA) is 52.7 Å². The first kappa shape index (κ1) is 20.9. The number of rotatable bonds is 4. The summed E-state index contributed by atoms with van der Waals surface area (Å²) in [5.74, 6) is 0.0235. The van der Waals surface area contributed by atoms with Crippen LogP contribution in [0.25, 0.3) is 0 Å². The van der Waals surface area contributed by atoms with Gasteiger partial charge in [-0.1, -0.05) is 37.6 Å². The van der Waals surface area contributed by atoms with E-state index in [2.05, 4.69) is 32.8 Å². The van der Waals surface area contributed by atoms with Crippen molar-refractivity contribution >= 4 is 57.4 Å². The van der Waals surface area contributed by atoms with Crippen molar-refractivity contribution in [2.24, 2.45) is 5.92 Å². The fraction of sp³-hybridized carbons (Fsp3) is 0.333. The Kier molecular flexibility index (Phi) is 6.82. The number of halogens is 2. The summed E-state index contributed by atoms with van der Waals surface area (Å²) in [7, 11) is 0. The van der Waals surface area contributed by atoms with E-state index in [0.717, 1.165) is 9.26 Å². The van der Waals surface area contributed by atoms with Gasteiger partial charge in [-0.15, -0.1) is 0 Å². The number of benzene rings is 2. The molecule has 0 aromatic heterocycles. The summed E-state index contributed by atoms with van der Waals surface area (Å²) in [6.07, 6.45) is 0. The van der Waals surface area contributed by atoms with Crippen molar-refractivity contribution in [3.05, 3.63) is 56.6 Å². The molecule has 3 rings (SSSR count). The van der Waals surface area contributed by atoms with Gasteiger partial charge in [0, 0.05) is 40.7 Å². The van der Waals surface area contributed by atoms with Gasteiger partial charge in [-0.25, -0.2) is 0 Å². The van der Waals surface area contributed by atoms with Crippen molar-refractivity contribution in [1.82, 2.24) is 4.90 Å². The highest BCUT2D eigenvalue weighted by molar-refractivity contribution is 14.1. The summed E-state index contributed by atoms with van der Waals surface area (Å²) in [5, 5.41) is 3.57. The Bertz CT molecular complexity index is 880. The van der Waals surface area contributed by atoms with E-state index in [1.54, 1.807) is 12.1 Å². The van der Waals surface area contributed by atoms with Gasteiger partial charge in [-0.3, -0.25) is 9.59 Å². The van der Waals surface area contributed by atoms with Crippen molar-refractivity contribution in [2.75, 3.05) is 36.4 Å². The summed E-state index contributed by atoms with van der Waals surface area (Å²) in [6, 6.07) is 13.0. The van der Waals surface area contributed by atoms with E-state index >= 15 is 0 Å². The van der Waals surface area contributed by atoms with Crippen molar-refractivity contribution in [3.8, 4) is 0 Å². The number of amides is 2. The Balaban J connectivity index is 1.78. The fourth-order valence-electron chi connectivity index (χ4n) is 3.25. The number of hydrogen-bond donors (Lipinski definition) is 1. The summed E-state index contributed by atoms with van der Waals surface area (Å²) in [6.45, 7) is 6.61. The number of carbonyl (C=O) groups is 2. The Labute approximate surface area is 184 Å². The van der Waals surface area contributed by atoms with Crippen LogP contribution < -0.4 is 10.2 Å². The first-order valence-corrected chi connectivity index (χ1v) is 10.7. The van der Waals surface area contributed by atoms with Crippen LogP contribution in [0.2, 0.25) is 5.02 Å². The number of nitrogens with one attached hydrogen (secondary N) is 1. The molecule has 0 aliphatic carbocycles. The van der Waals surface area contributed by atoms with Crippen molar-refractivity contribution < 1.29 is 9.59 Å². The van der Waals surface area contributed by atoms with Gasteiger partial charge in [-0.2, -0.15) is 0 Å². The average molecular weight is 512 g/mol. The molecule has 0 unspecified atom stereocenters. The molecule has 148 valence electrons. The first-order chi connectivity index (χ1) is 13.4. The minimum Gasteiger partial charge on any atom is -0.366 e. The molecule has 0 spiro atoms. The second-order valence-corrected chi connectivity index (χ2v) is 8.66. The lowest BCUT2D eigenvalue weighted by molar-refractivity contribution is -0.134. The van der Waals surface area contributed by atoms with Crippen LogP contribution in [-0.4, -0.2) is 42.9 Å². The van der Waals surface area contributed by atoms with Crippen molar-refractivity contribution in [1.29, 1.82) is 0 Å². The van der Waals surface area contributed by atoms with Crippen LogP contribution in [-0.2, 0) is 4.79 Å². The van der Waals surface area contributed by atoms with Crippen LogP contribution in [0, 0.1) is 9.49 Å². The van der Waals surface area contributed by atoms with Crippen LogP contribution in [0.5, 0.6) is 0 Å². The van der Waals surface area contributed by atoms with E-state index in [4.69, 9.17) is 11.6 Å². The standard InChI is InChI=1S/C21H23ClIN3O2/c1-14(2)21(28)26-11-9-25(10-12-26)19-8-7-15(22)13-18(19)24-20(27)16-5-3-4-6-17(16)23/h3-8,13-14H,9-12H2,1-2H3,(H,24,27). The summed E-state index contributed by atoms with van der Waals surface area (Å²) in [4.78, 5) is 29.1. The zero-order valence-corrected chi connectivity index (χ0v) is 18.8. The van der Waals surface area contributed by atoms with E-state index in [0.29, 0.717) is 42.5 Å². The molecule has 0 saturated carbocycles. The molecule has 1 fully saturated rings. The Morgan fingerprint density at radius 1 is 1.07 bits per heavy atom. The SMILES string of the molecule is CC(C)C(=O)N1CCN(c2ccc(Cl)cc2NC(=O)c2ccccc2I)CC1. The van der Waals surface area contributed by atoms with E-state index in [1.165, 1.54) is 0 Å². The monoisotopic (exact) mass is 511 g/mol. The average Bonchev–Trinajstić information content (AvgIpc) is 2.68. The molecular weight excluding hydrogens is 489 g/mol. The van der Waals surface area contributed by atoms with Gasteiger partial charge in [0.1, 0.15) is 0 Å². The van der Waals surface area contributed by atoms with E-state index < -0.39 is 0 Å². The van der Waals surface area contributed by atoms with Gasteiger partial charge in [0.15, 0.2) is 0 Å². The highest BCUT2D eigenvalue weighted by atomic mass is 127. The zero-order valence-electron chi connectivity index (χ0n) is 15.9. The van der Waals surface area contributed by atoms with Crippen molar-refractivity contribution in [2.45, 2.75) is 13.8 Å². The normalized spacial score (nSPS) is 14.3. The molecule has 2 aromatic rings. The minimum absolute atomic E-state index is 0.00489. The van der Waals surface area contributed by atoms with Crippen molar-refractivity contribution in [3.63, 3.8) is 0 Å². The predicted octanol–water partition coefficient (Wildman–Crippen LogP) is 4.50. The molecule has 0 bridgehead atoms. The van der Waals surface area contributed by atoms with Crippen LogP contribution in [0.4, 0.5) is 11.4 Å². The second kappa shape index (κ2) is 9.13. The van der Waals surface area contributed by atoms with E-state index in [-0.39, 0.29) is 17.7 Å². The first-order valence-electron chi connectivity index (χ1n) is 9.26. The van der Waals surface area contributed by atoms with Gasteiger partial charge in [-0.05, 0) is 52.9 Å². The highest BCUT2D eigenvalue weighted by Gasteiger charge is 2.24. The molecular formula is C21H23ClIN3O2. The molecule has 7 heteroatoms. The zero-order chi connectivity index (χ0) is 20.3. The molecule has 1 aliphatic rings. The lowest BCUT2D eigenvalue weighted by atomic mass is 10.1. The van der Waals surface area contributed by atoms with Crippen LogP contribution in [0.15, 0.2) is 42.5 Å². The maximum absolute atomic E-state index is 12.8.